The lowest BCUT2D eigenvalue weighted by Crippen LogP contribution is -2.36. The number of H-pyrrole nitrogens is 2. The van der Waals surface area contributed by atoms with E-state index in [-0.39, 0.29) is 28.0 Å². The lowest BCUT2D eigenvalue weighted by molar-refractivity contribution is -0.141. The minimum absolute atomic E-state index is 0.0522. The number of pyridine rings is 1. The predicted octanol–water partition coefficient (Wildman–Crippen LogP) is 2.67. The van der Waals surface area contributed by atoms with Gasteiger partial charge < -0.3 is 14.6 Å². The first kappa shape index (κ1) is 26.1. The Morgan fingerprint density at radius 1 is 1.15 bits per heavy atom. The minimum Gasteiger partial charge on any atom is -0.466 e. The molecule has 0 saturated carbocycles. The maximum atomic E-state index is 14.9. The molecule has 1 aliphatic heterocycles. The van der Waals surface area contributed by atoms with Crippen LogP contribution in [0.15, 0.2) is 40.3 Å². The molecule has 0 bridgehead atoms. The van der Waals surface area contributed by atoms with Crippen molar-refractivity contribution in [3.8, 4) is 17.1 Å². The molecule has 2 N–H and O–H groups in total. The molecule has 5 rings (SSSR count). The molecule has 0 radical (unpaired) electrons. The van der Waals surface area contributed by atoms with Crippen molar-refractivity contribution in [2.24, 2.45) is 0 Å². The third-order valence-electron chi connectivity index (χ3n) is 5.70. The second-order valence-electron chi connectivity index (χ2n) is 8.50. The van der Waals surface area contributed by atoms with Crippen LogP contribution in [-0.4, -0.2) is 66.0 Å². The van der Waals surface area contributed by atoms with Crippen molar-refractivity contribution in [2.75, 3.05) is 18.0 Å². The maximum Gasteiger partial charge on any atom is 0.408 e. The highest BCUT2D eigenvalue weighted by Gasteiger charge is 2.51. The van der Waals surface area contributed by atoms with Crippen LogP contribution in [0.2, 0.25) is 0 Å². The molecular weight excluding hydrogens is 545 g/mol. The summed E-state index contributed by atoms with van der Waals surface area (Å²) in [6.07, 6.45) is -6.54. The summed E-state index contributed by atoms with van der Waals surface area (Å²) in [7, 11) is 0. The SMILES string of the molecule is O=c1[nH]cc(-c2cc(N3CC(Oc4cc5c(cn4)cnn5CC(F)(F)F)C(F)(F)C3)nc(C(F)F)n2)c(=O)[nH]1. The van der Waals surface area contributed by atoms with Crippen molar-refractivity contribution >= 4 is 16.7 Å². The molecule has 18 heteroatoms. The summed E-state index contributed by atoms with van der Waals surface area (Å²) in [5.41, 5.74) is -2.54. The van der Waals surface area contributed by atoms with Crippen LogP contribution >= 0.6 is 0 Å². The molecule has 5 heterocycles. The standard InChI is InChI=1S/C21H15F7N8O3/c22-16(23)17-32-11(10-5-30-19(38)34-18(10)37)1-14(33-17)35-6-13(20(24,25)7-35)39-15-2-12-9(3-29-15)4-31-36(12)8-21(26,27)28/h1-5,13,16H,6-8H2,(H2,30,34,37,38). The average Bonchev–Trinajstić information content (AvgIpc) is 3.37. The van der Waals surface area contributed by atoms with Gasteiger partial charge in [-0.1, -0.05) is 0 Å². The summed E-state index contributed by atoms with van der Waals surface area (Å²) < 4.78 is 101. The number of aromatic nitrogens is 7. The molecule has 1 atom stereocenters. The van der Waals surface area contributed by atoms with E-state index < -0.39 is 67.2 Å². The lowest BCUT2D eigenvalue weighted by atomic mass is 10.2. The number of halogens is 7. The highest BCUT2D eigenvalue weighted by molar-refractivity contribution is 5.78. The highest BCUT2D eigenvalue weighted by Crippen LogP contribution is 2.35. The number of alkyl halides is 7. The maximum absolute atomic E-state index is 14.9. The molecule has 4 aromatic heterocycles. The van der Waals surface area contributed by atoms with Crippen LogP contribution in [0.25, 0.3) is 22.2 Å². The Balaban J connectivity index is 1.44. The van der Waals surface area contributed by atoms with Gasteiger partial charge in [-0.05, 0) is 0 Å². The molecule has 1 saturated heterocycles. The minimum atomic E-state index is -4.59. The molecule has 206 valence electrons. The number of aromatic amines is 2. The second kappa shape index (κ2) is 9.35. The summed E-state index contributed by atoms with van der Waals surface area (Å²) >= 11 is 0. The Labute approximate surface area is 211 Å². The Morgan fingerprint density at radius 3 is 2.62 bits per heavy atom. The smallest absolute Gasteiger partial charge is 0.408 e. The van der Waals surface area contributed by atoms with Crippen molar-refractivity contribution in [1.82, 2.24) is 34.7 Å². The highest BCUT2D eigenvalue weighted by atomic mass is 19.4. The number of ether oxygens (including phenoxy) is 1. The van der Waals surface area contributed by atoms with Crippen molar-refractivity contribution in [1.29, 1.82) is 0 Å². The zero-order valence-electron chi connectivity index (χ0n) is 19.2. The topological polar surface area (TPSA) is 135 Å². The number of anilines is 1. The van der Waals surface area contributed by atoms with Crippen LogP contribution in [0.4, 0.5) is 36.6 Å². The molecule has 0 spiro atoms. The van der Waals surface area contributed by atoms with E-state index in [1.807, 2.05) is 4.98 Å². The summed E-state index contributed by atoms with van der Waals surface area (Å²) in [5, 5.41) is 3.84. The molecule has 0 aromatic carbocycles. The molecule has 4 aromatic rings. The summed E-state index contributed by atoms with van der Waals surface area (Å²) in [4.78, 5) is 39.5. The van der Waals surface area contributed by atoms with Gasteiger partial charge in [0.05, 0.1) is 36.1 Å². The molecule has 1 unspecified atom stereocenters. The fourth-order valence-corrected chi connectivity index (χ4v) is 3.96. The van der Waals surface area contributed by atoms with Gasteiger partial charge in [0, 0.05) is 29.9 Å². The second-order valence-corrected chi connectivity index (χ2v) is 8.50. The lowest BCUT2D eigenvalue weighted by Gasteiger charge is -2.18. The van der Waals surface area contributed by atoms with Gasteiger partial charge in [-0.15, -0.1) is 0 Å². The van der Waals surface area contributed by atoms with Crippen LogP contribution in [0, 0.1) is 0 Å². The van der Waals surface area contributed by atoms with Gasteiger partial charge in [0.15, 0.2) is 11.9 Å². The summed E-state index contributed by atoms with van der Waals surface area (Å²) in [6.45, 7) is -3.04. The van der Waals surface area contributed by atoms with Crippen LogP contribution in [0.1, 0.15) is 12.2 Å². The number of hydrogen-bond acceptors (Lipinski definition) is 8. The molecular formula is C21H15F7N8O3. The van der Waals surface area contributed by atoms with E-state index >= 15 is 0 Å². The Hall–Kier alpha value is -4.51. The van der Waals surface area contributed by atoms with E-state index in [1.165, 1.54) is 0 Å². The van der Waals surface area contributed by atoms with Crippen LogP contribution in [0.5, 0.6) is 5.88 Å². The summed E-state index contributed by atoms with van der Waals surface area (Å²) in [5.74, 6) is -5.41. The van der Waals surface area contributed by atoms with Gasteiger partial charge in [0.2, 0.25) is 5.88 Å². The largest absolute Gasteiger partial charge is 0.466 e. The molecule has 1 aliphatic rings. The van der Waals surface area contributed by atoms with E-state index in [0.29, 0.717) is 4.68 Å². The third kappa shape index (κ3) is 5.39. The number of nitrogens with one attached hydrogen (secondary N) is 2. The molecule has 0 amide bonds. The van der Waals surface area contributed by atoms with Crippen LogP contribution < -0.4 is 20.9 Å². The van der Waals surface area contributed by atoms with E-state index in [0.717, 1.165) is 35.6 Å². The Bertz CT molecular complexity index is 1650. The summed E-state index contributed by atoms with van der Waals surface area (Å²) in [6, 6.07) is 2.06. The monoisotopic (exact) mass is 560 g/mol. The number of hydrogen-bond donors (Lipinski definition) is 2. The Kier molecular flexibility index (Phi) is 6.26. The fourth-order valence-electron chi connectivity index (χ4n) is 3.96. The van der Waals surface area contributed by atoms with Gasteiger partial charge >= 0.3 is 17.8 Å². The van der Waals surface area contributed by atoms with Gasteiger partial charge in [-0.3, -0.25) is 14.5 Å². The van der Waals surface area contributed by atoms with Gasteiger partial charge in [-0.2, -0.15) is 18.3 Å². The Morgan fingerprint density at radius 2 is 1.92 bits per heavy atom. The molecule has 0 aliphatic carbocycles. The quantitative estimate of drug-likeness (QED) is 0.344. The van der Waals surface area contributed by atoms with Crippen molar-refractivity contribution in [3.05, 3.63) is 57.4 Å². The van der Waals surface area contributed by atoms with E-state index in [9.17, 15) is 40.3 Å². The number of nitrogens with zero attached hydrogens (tertiary/aromatic N) is 6. The molecule has 1 fully saturated rings. The van der Waals surface area contributed by atoms with Crippen molar-refractivity contribution in [3.63, 3.8) is 0 Å². The van der Waals surface area contributed by atoms with Gasteiger partial charge in [0.25, 0.3) is 12.0 Å². The van der Waals surface area contributed by atoms with Gasteiger partial charge in [-0.25, -0.2) is 37.3 Å². The average molecular weight is 560 g/mol. The normalized spacial score (nSPS) is 17.3. The fraction of sp³-hybridized carbons (Fsp3) is 0.333. The zero-order valence-corrected chi connectivity index (χ0v) is 19.2. The number of rotatable bonds is 6. The van der Waals surface area contributed by atoms with E-state index in [1.54, 1.807) is 0 Å². The predicted molar refractivity (Wildman–Crippen MR) is 119 cm³/mol. The zero-order chi connectivity index (χ0) is 28.1. The first-order valence-corrected chi connectivity index (χ1v) is 11.0. The first-order valence-electron chi connectivity index (χ1n) is 11.0. The van der Waals surface area contributed by atoms with Gasteiger partial charge in [0.1, 0.15) is 12.4 Å². The van der Waals surface area contributed by atoms with E-state index in [4.69, 9.17) is 4.74 Å². The van der Waals surface area contributed by atoms with E-state index in [2.05, 4.69) is 25.0 Å². The number of fused-ring (bicyclic) bond motifs is 1. The van der Waals surface area contributed by atoms with Crippen molar-refractivity contribution < 1.29 is 35.5 Å². The van der Waals surface area contributed by atoms with Crippen LogP contribution in [-0.2, 0) is 6.54 Å². The van der Waals surface area contributed by atoms with Crippen molar-refractivity contribution in [2.45, 2.75) is 31.2 Å². The first-order chi connectivity index (χ1) is 18.3. The molecule has 39 heavy (non-hydrogen) atoms. The molecule has 11 nitrogen and oxygen atoms in total. The third-order valence-corrected chi connectivity index (χ3v) is 5.70. The van der Waals surface area contributed by atoms with Crippen LogP contribution in [0.3, 0.4) is 0 Å².